The van der Waals surface area contributed by atoms with Gasteiger partial charge < -0.3 is 14.5 Å². The molecular weight excluding hydrogens is 348 g/mol. The van der Waals surface area contributed by atoms with Gasteiger partial charge >= 0.3 is 0 Å². The van der Waals surface area contributed by atoms with E-state index in [1.165, 1.54) is 22.7 Å². The minimum Gasteiger partial charge on any atom is -0.372 e. The number of aromatic nitrogens is 2. The molecule has 3 rings (SSSR count). The summed E-state index contributed by atoms with van der Waals surface area (Å²) in [5.41, 5.74) is 2.43. The molecule has 1 aromatic carbocycles. The van der Waals surface area contributed by atoms with Gasteiger partial charge in [-0.25, -0.2) is 4.98 Å². The normalized spacial score (nSPS) is 20.2. The third-order valence-corrected chi connectivity index (χ3v) is 5.28. The fourth-order valence-corrected chi connectivity index (χ4v) is 3.75. The third-order valence-electron chi connectivity index (χ3n) is 4.41. The molecule has 2 heterocycles. The van der Waals surface area contributed by atoms with Crippen molar-refractivity contribution in [1.82, 2.24) is 14.3 Å². The maximum Gasteiger partial charge on any atom is 0.242 e. The predicted molar refractivity (Wildman–Crippen MR) is 104 cm³/mol. The van der Waals surface area contributed by atoms with E-state index in [-0.39, 0.29) is 18.1 Å². The molecule has 1 amide bonds. The lowest BCUT2D eigenvalue weighted by Crippen LogP contribution is -2.50. The van der Waals surface area contributed by atoms with Crippen molar-refractivity contribution in [1.29, 1.82) is 0 Å². The Bertz CT molecular complexity index is 736. The lowest BCUT2D eigenvalue weighted by molar-refractivity contribution is -0.141. The number of nitrogens with zero attached hydrogens (tertiary/aromatic N) is 4. The summed E-state index contributed by atoms with van der Waals surface area (Å²) < 4.78 is 10.1. The van der Waals surface area contributed by atoms with Gasteiger partial charge in [-0.15, -0.1) is 0 Å². The van der Waals surface area contributed by atoms with Crippen molar-refractivity contribution < 1.29 is 9.53 Å². The Hall–Kier alpha value is -1.99. The average Bonchev–Trinajstić information content (AvgIpc) is 3.04. The number of hydrogen-bond donors (Lipinski definition) is 0. The van der Waals surface area contributed by atoms with Gasteiger partial charge in [0.1, 0.15) is 5.82 Å². The smallest absolute Gasteiger partial charge is 0.242 e. The van der Waals surface area contributed by atoms with Crippen LogP contribution in [0.2, 0.25) is 0 Å². The Labute approximate surface area is 159 Å². The van der Waals surface area contributed by atoms with Crippen LogP contribution < -0.4 is 4.90 Å². The summed E-state index contributed by atoms with van der Waals surface area (Å²) >= 11 is 1.34. The number of rotatable bonds is 5. The molecular formula is C19H26N4O2S. The predicted octanol–water partition coefficient (Wildman–Crippen LogP) is 2.51. The number of benzene rings is 1. The third kappa shape index (κ3) is 4.80. The summed E-state index contributed by atoms with van der Waals surface area (Å²) in [6, 6.07) is 8.39. The molecule has 1 aliphatic rings. The molecule has 1 aliphatic heterocycles. The van der Waals surface area contributed by atoms with Gasteiger partial charge in [-0.2, -0.15) is 4.37 Å². The van der Waals surface area contributed by atoms with Crippen LogP contribution >= 0.6 is 11.5 Å². The molecule has 2 aromatic rings. The van der Waals surface area contributed by atoms with Gasteiger partial charge in [0.05, 0.1) is 18.8 Å². The van der Waals surface area contributed by atoms with E-state index in [0.717, 1.165) is 11.0 Å². The van der Waals surface area contributed by atoms with E-state index in [0.29, 0.717) is 26.1 Å². The van der Waals surface area contributed by atoms with E-state index < -0.39 is 0 Å². The van der Waals surface area contributed by atoms with Gasteiger partial charge in [0, 0.05) is 38.1 Å². The van der Waals surface area contributed by atoms with Crippen LogP contribution in [-0.4, -0.2) is 59.1 Å². The number of morpholine rings is 1. The van der Waals surface area contributed by atoms with Crippen LogP contribution in [0.15, 0.2) is 24.3 Å². The second-order valence-corrected chi connectivity index (χ2v) is 7.80. The molecule has 0 radical (unpaired) electrons. The maximum atomic E-state index is 12.6. The zero-order valence-corrected chi connectivity index (χ0v) is 16.6. The lowest BCUT2D eigenvalue weighted by Gasteiger charge is -2.36. The van der Waals surface area contributed by atoms with E-state index in [9.17, 15) is 4.79 Å². The van der Waals surface area contributed by atoms with Crippen molar-refractivity contribution in [2.24, 2.45) is 0 Å². The Morgan fingerprint density at radius 1 is 1.27 bits per heavy atom. The number of carbonyl (C=O) groups excluding carboxylic acids is 1. The van der Waals surface area contributed by atoms with E-state index in [2.05, 4.69) is 40.5 Å². The number of amides is 1. The first-order valence-corrected chi connectivity index (χ1v) is 9.70. The first-order valence-electron chi connectivity index (χ1n) is 8.93. The summed E-state index contributed by atoms with van der Waals surface area (Å²) in [5, 5.41) is 0.773. The number of aryl methyl sites for hydroxylation is 1. The molecule has 1 saturated heterocycles. The number of likely N-dealkylation sites (N-methyl/N-ethyl adjacent to an activating group) is 1. The molecule has 2 unspecified atom stereocenters. The SMILES string of the molecule is Cc1ccc(Cc2nsc(N(C)CC(=O)N3CC(C)OC(C)C3)n2)cc1. The molecule has 0 N–H and O–H groups in total. The van der Waals surface area contributed by atoms with Crippen LogP contribution in [0.4, 0.5) is 5.13 Å². The molecule has 0 bridgehead atoms. The van der Waals surface area contributed by atoms with E-state index >= 15 is 0 Å². The fraction of sp³-hybridized carbons (Fsp3) is 0.526. The summed E-state index contributed by atoms with van der Waals surface area (Å²) in [4.78, 5) is 20.9. The highest BCUT2D eigenvalue weighted by Gasteiger charge is 2.26. The highest BCUT2D eigenvalue weighted by molar-refractivity contribution is 7.09. The Balaban J connectivity index is 1.58. The van der Waals surface area contributed by atoms with Crippen LogP contribution in [-0.2, 0) is 16.0 Å². The molecule has 1 fully saturated rings. The minimum atomic E-state index is 0.0793. The lowest BCUT2D eigenvalue weighted by atomic mass is 10.1. The topological polar surface area (TPSA) is 58.6 Å². The quantitative estimate of drug-likeness (QED) is 0.805. The van der Waals surface area contributed by atoms with Gasteiger partial charge in [0.15, 0.2) is 0 Å². The van der Waals surface area contributed by atoms with Crippen molar-refractivity contribution in [3.63, 3.8) is 0 Å². The molecule has 2 atom stereocenters. The zero-order chi connectivity index (χ0) is 18.7. The monoisotopic (exact) mass is 374 g/mol. The highest BCUT2D eigenvalue weighted by Crippen LogP contribution is 2.19. The van der Waals surface area contributed by atoms with Crippen molar-refractivity contribution in [3.05, 3.63) is 41.2 Å². The second-order valence-electron chi connectivity index (χ2n) is 7.07. The van der Waals surface area contributed by atoms with Gasteiger partial charge in [0.2, 0.25) is 11.0 Å². The van der Waals surface area contributed by atoms with Crippen molar-refractivity contribution >= 4 is 22.6 Å². The maximum absolute atomic E-state index is 12.6. The number of carbonyl (C=O) groups is 1. The molecule has 26 heavy (non-hydrogen) atoms. The summed E-state index contributed by atoms with van der Waals surface area (Å²) in [7, 11) is 1.89. The van der Waals surface area contributed by atoms with Gasteiger partial charge in [0.25, 0.3) is 0 Å². The molecule has 1 aromatic heterocycles. The van der Waals surface area contributed by atoms with Gasteiger partial charge in [-0.1, -0.05) is 29.8 Å². The largest absolute Gasteiger partial charge is 0.372 e. The summed E-state index contributed by atoms with van der Waals surface area (Å²) in [6.07, 6.45) is 0.864. The molecule has 0 aliphatic carbocycles. The van der Waals surface area contributed by atoms with Crippen LogP contribution in [0.3, 0.4) is 0 Å². The minimum absolute atomic E-state index is 0.0793. The summed E-state index contributed by atoms with van der Waals surface area (Å²) in [5.74, 6) is 0.895. The number of ether oxygens (including phenoxy) is 1. The van der Waals surface area contributed by atoms with Crippen LogP contribution in [0.1, 0.15) is 30.8 Å². The summed E-state index contributed by atoms with van der Waals surface area (Å²) in [6.45, 7) is 7.67. The van der Waals surface area contributed by atoms with Crippen LogP contribution in [0.5, 0.6) is 0 Å². The van der Waals surface area contributed by atoms with E-state index in [1.54, 1.807) is 0 Å². The van der Waals surface area contributed by atoms with Crippen LogP contribution in [0.25, 0.3) is 0 Å². The first-order chi connectivity index (χ1) is 12.4. The van der Waals surface area contributed by atoms with Crippen molar-refractivity contribution in [2.75, 3.05) is 31.6 Å². The number of hydrogen-bond acceptors (Lipinski definition) is 6. The fourth-order valence-electron chi connectivity index (χ4n) is 3.11. The van der Waals surface area contributed by atoms with Crippen molar-refractivity contribution in [3.8, 4) is 0 Å². The molecule has 0 saturated carbocycles. The Morgan fingerprint density at radius 3 is 2.58 bits per heavy atom. The average molecular weight is 375 g/mol. The first kappa shape index (κ1) is 18.8. The molecule has 0 spiro atoms. The molecule has 140 valence electrons. The van der Waals surface area contributed by atoms with E-state index in [1.807, 2.05) is 30.7 Å². The second kappa shape index (κ2) is 8.14. The zero-order valence-electron chi connectivity index (χ0n) is 15.8. The Kier molecular flexibility index (Phi) is 5.88. The standard InChI is InChI=1S/C19H26N4O2S/c1-13-5-7-16(8-6-13)9-17-20-19(26-21-17)22(4)12-18(24)23-10-14(2)25-15(3)11-23/h5-8,14-15H,9-12H2,1-4H3. The van der Waals surface area contributed by atoms with Crippen molar-refractivity contribution in [2.45, 2.75) is 39.4 Å². The number of anilines is 1. The molecule has 7 heteroatoms. The Morgan fingerprint density at radius 2 is 1.92 bits per heavy atom. The van der Waals surface area contributed by atoms with Gasteiger partial charge in [-0.3, -0.25) is 4.79 Å². The van der Waals surface area contributed by atoms with E-state index in [4.69, 9.17) is 4.74 Å². The molecule has 6 nitrogen and oxygen atoms in total. The van der Waals surface area contributed by atoms with Gasteiger partial charge in [-0.05, 0) is 26.3 Å². The highest BCUT2D eigenvalue weighted by atomic mass is 32.1. The van der Waals surface area contributed by atoms with Crippen LogP contribution in [0, 0.1) is 6.92 Å².